The first-order chi connectivity index (χ1) is 7.13. The number of carboxylic acid groups (broad SMARTS) is 1. The van der Waals surface area contributed by atoms with Crippen molar-refractivity contribution in [1.82, 2.24) is 5.32 Å². The summed E-state index contributed by atoms with van der Waals surface area (Å²) in [6, 6.07) is 6.71. The number of carboxylic acids is 1. The average Bonchev–Trinajstić information content (AvgIpc) is 2.26. The quantitative estimate of drug-likeness (QED) is 0.831. The third-order valence-corrected chi connectivity index (χ3v) is 2.07. The average molecular weight is 246 g/mol. The molecule has 0 aromatic heterocycles. The minimum Gasteiger partial charge on any atom is -0.492 e. The van der Waals surface area contributed by atoms with E-state index in [9.17, 15) is 4.79 Å². The number of hydrogen-bond acceptors (Lipinski definition) is 3. The zero-order valence-electron chi connectivity index (χ0n) is 9.27. The summed E-state index contributed by atoms with van der Waals surface area (Å²) in [6.45, 7) is 2.50. The lowest BCUT2D eigenvalue weighted by Crippen LogP contribution is -2.28. The van der Waals surface area contributed by atoms with Gasteiger partial charge in [-0.3, -0.25) is 0 Å². The molecule has 0 spiro atoms. The Labute approximate surface area is 101 Å². The number of ether oxygens (including phenoxy) is 1. The molecule has 1 aromatic carbocycles. The van der Waals surface area contributed by atoms with E-state index in [1.165, 1.54) is 12.1 Å². The van der Waals surface area contributed by atoms with Crippen LogP contribution in [0.15, 0.2) is 24.3 Å². The van der Waals surface area contributed by atoms with Gasteiger partial charge in [0.25, 0.3) is 0 Å². The molecule has 1 unspecified atom stereocenters. The van der Waals surface area contributed by atoms with Crippen LogP contribution in [0.1, 0.15) is 17.3 Å². The summed E-state index contributed by atoms with van der Waals surface area (Å²) in [5.41, 5.74) is 0.240. The van der Waals surface area contributed by atoms with Gasteiger partial charge in [-0.15, -0.1) is 12.4 Å². The predicted molar refractivity (Wildman–Crippen MR) is 64.7 cm³/mol. The molecular formula is C11H16ClNO3. The van der Waals surface area contributed by atoms with Crippen molar-refractivity contribution in [1.29, 1.82) is 0 Å². The normalized spacial score (nSPS) is 11.4. The minimum atomic E-state index is -0.942. The summed E-state index contributed by atoms with van der Waals surface area (Å²) in [6.07, 6.45) is 0. The Balaban J connectivity index is 0.00000225. The third kappa shape index (κ3) is 4.51. The molecule has 0 radical (unpaired) electrons. The van der Waals surface area contributed by atoms with Gasteiger partial charge in [-0.1, -0.05) is 6.07 Å². The van der Waals surface area contributed by atoms with Crippen molar-refractivity contribution in [2.24, 2.45) is 0 Å². The van der Waals surface area contributed by atoms with Crippen LogP contribution < -0.4 is 10.1 Å². The molecule has 1 rings (SSSR count). The van der Waals surface area contributed by atoms with E-state index in [0.717, 1.165) is 0 Å². The number of aromatic carboxylic acids is 1. The molecule has 4 nitrogen and oxygen atoms in total. The number of hydrogen-bond donors (Lipinski definition) is 2. The summed E-state index contributed by atoms with van der Waals surface area (Å²) in [7, 11) is 1.85. The van der Waals surface area contributed by atoms with Gasteiger partial charge < -0.3 is 15.2 Å². The predicted octanol–water partition coefficient (Wildman–Crippen LogP) is 1.79. The molecule has 1 aromatic rings. The van der Waals surface area contributed by atoms with E-state index in [2.05, 4.69) is 5.32 Å². The monoisotopic (exact) mass is 245 g/mol. The SMILES string of the molecule is CNC(C)COc1cccc(C(=O)O)c1.Cl. The van der Waals surface area contributed by atoms with Crippen LogP contribution in [0.25, 0.3) is 0 Å². The molecule has 1 atom stereocenters. The highest BCUT2D eigenvalue weighted by atomic mass is 35.5. The molecule has 0 fully saturated rings. The number of rotatable bonds is 5. The molecule has 0 heterocycles. The fraction of sp³-hybridized carbons (Fsp3) is 0.364. The first kappa shape index (κ1) is 14.7. The summed E-state index contributed by atoms with van der Waals surface area (Å²) in [5.74, 6) is -0.362. The van der Waals surface area contributed by atoms with Gasteiger partial charge in [0.15, 0.2) is 0 Å². The van der Waals surface area contributed by atoms with Crippen molar-refractivity contribution in [3.8, 4) is 5.75 Å². The summed E-state index contributed by atoms with van der Waals surface area (Å²) < 4.78 is 5.42. The molecule has 16 heavy (non-hydrogen) atoms. The van der Waals surface area contributed by atoms with E-state index in [0.29, 0.717) is 12.4 Å². The largest absolute Gasteiger partial charge is 0.492 e. The van der Waals surface area contributed by atoms with Gasteiger partial charge in [-0.25, -0.2) is 4.79 Å². The van der Waals surface area contributed by atoms with Crippen LogP contribution in [0, 0.1) is 0 Å². The van der Waals surface area contributed by atoms with Crippen molar-refractivity contribution in [2.75, 3.05) is 13.7 Å². The lowest BCUT2D eigenvalue weighted by molar-refractivity contribution is 0.0696. The van der Waals surface area contributed by atoms with Crippen LogP contribution in [0.5, 0.6) is 5.75 Å². The number of carbonyl (C=O) groups is 1. The van der Waals surface area contributed by atoms with Crippen LogP contribution in [0.4, 0.5) is 0 Å². The van der Waals surface area contributed by atoms with Crippen molar-refractivity contribution in [3.05, 3.63) is 29.8 Å². The van der Waals surface area contributed by atoms with Crippen molar-refractivity contribution in [3.63, 3.8) is 0 Å². The highest BCUT2D eigenvalue weighted by Crippen LogP contribution is 2.13. The molecular weight excluding hydrogens is 230 g/mol. The van der Waals surface area contributed by atoms with Crippen molar-refractivity contribution >= 4 is 18.4 Å². The first-order valence-corrected chi connectivity index (χ1v) is 4.77. The van der Waals surface area contributed by atoms with E-state index in [-0.39, 0.29) is 24.0 Å². The molecule has 0 saturated carbocycles. The molecule has 90 valence electrons. The number of benzene rings is 1. The molecule has 5 heteroatoms. The zero-order valence-corrected chi connectivity index (χ0v) is 10.1. The maximum atomic E-state index is 10.7. The number of likely N-dealkylation sites (N-methyl/N-ethyl adjacent to an activating group) is 1. The standard InChI is InChI=1S/C11H15NO3.ClH/c1-8(12-2)7-15-10-5-3-4-9(6-10)11(13)14;/h3-6,8,12H,7H2,1-2H3,(H,13,14);1H. The molecule has 0 saturated heterocycles. The van der Waals surface area contributed by atoms with Gasteiger partial charge in [0, 0.05) is 6.04 Å². The second-order valence-corrected chi connectivity index (χ2v) is 3.33. The van der Waals surface area contributed by atoms with Gasteiger partial charge in [-0.2, -0.15) is 0 Å². The summed E-state index contributed by atoms with van der Waals surface area (Å²) in [5, 5.41) is 11.8. The lowest BCUT2D eigenvalue weighted by Gasteiger charge is -2.12. The molecule has 0 bridgehead atoms. The Bertz CT molecular complexity index is 344. The fourth-order valence-electron chi connectivity index (χ4n) is 1.02. The highest BCUT2D eigenvalue weighted by molar-refractivity contribution is 5.88. The van der Waals surface area contributed by atoms with Crippen LogP contribution in [0.2, 0.25) is 0 Å². The summed E-state index contributed by atoms with van der Waals surface area (Å²) in [4.78, 5) is 10.7. The van der Waals surface area contributed by atoms with Gasteiger partial charge in [0.1, 0.15) is 12.4 Å². The van der Waals surface area contributed by atoms with Crippen LogP contribution in [-0.2, 0) is 0 Å². The van der Waals surface area contributed by atoms with Crippen LogP contribution in [-0.4, -0.2) is 30.8 Å². The van der Waals surface area contributed by atoms with Gasteiger partial charge >= 0.3 is 5.97 Å². The zero-order chi connectivity index (χ0) is 11.3. The second kappa shape index (κ2) is 7.09. The van der Waals surface area contributed by atoms with E-state index >= 15 is 0 Å². The Morgan fingerprint density at radius 3 is 2.81 bits per heavy atom. The van der Waals surface area contributed by atoms with E-state index in [1.807, 2.05) is 14.0 Å². The first-order valence-electron chi connectivity index (χ1n) is 4.77. The molecule has 0 aliphatic carbocycles. The number of nitrogens with one attached hydrogen (secondary N) is 1. The maximum Gasteiger partial charge on any atom is 0.335 e. The van der Waals surface area contributed by atoms with Crippen LogP contribution in [0.3, 0.4) is 0 Å². The van der Waals surface area contributed by atoms with Gasteiger partial charge in [0.2, 0.25) is 0 Å². The highest BCUT2D eigenvalue weighted by Gasteiger charge is 2.04. The summed E-state index contributed by atoms with van der Waals surface area (Å²) >= 11 is 0. The smallest absolute Gasteiger partial charge is 0.335 e. The molecule has 2 N–H and O–H groups in total. The second-order valence-electron chi connectivity index (χ2n) is 3.33. The van der Waals surface area contributed by atoms with E-state index in [1.54, 1.807) is 12.1 Å². The Hall–Kier alpha value is -1.26. The van der Waals surface area contributed by atoms with Gasteiger partial charge in [-0.05, 0) is 32.2 Å². The Morgan fingerprint density at radius 2 is 2.25 bits per heavy atom. The molecule has 0 aliphatic heterocycles. The third-order valence-electron chi connectivity index (χ3n) is 2.07. The van der Waals surface area contributed by atoms with Crippen molar-refractivity contribution < 1.29 is 14.6 Å². The molecule has 0 amide bonds. The maximum absolute atomic E-state index is 10.7. The van der Waals surface area contributed by atoms with Crippen LogP contribution >= 0.6 is 12.4 Å². The minimum absolute atomic E-state index is 0. The van der Waals surface area contributed by atoms with E-state index < -0.39 is 5.97 Å². The van der Waals surface area contributed by atoms with Gasteiger partial charge in [0.05, 0.1) is 5.56 Å². The molecule has 0 aliphatic rings. The number of halogens is 1. The fourth-order valence-corrected chi connectivity index (χ4v) is 1.02. The van der Waals surface area contributed by atoms with E-state index in [4.69, 9.17) is 9.84 Å². The topological polar surface area (TPSA) is 58.6 Å². The Morgan fingerprint density at radius 1 is 1.56 bits per heavy atom. The van der Waals surface area contributed by atoms with Crippen molar-refractivity contribution in [2.45, 2.75) is 13.0 Å². The Kier molecular flexibility index (Phi) is 6.53. The lowest BCUT2D eigenvalue weighted by atomic mass is 10.2.